The van der Waals surface area contributed by atoms with Crippen molar-refractivity contribution in [2.24, 2.45) is 5.41 Å². The van der Waals surface area contributed by atoms with Crippen LogP contribution in [0.1, 0.15) is 32.8 Å². The highest BCUT2D eigenvalue weighted by atomic mass is 16.3. The lowest BCUT2D eigenvalue weighted by Gasteiger charge is -2.22. The average Bonchev–Trinajstić information content (AvgIpc) is 2.63. The third-order valence-electron chi connectivity index (χ3n) is 2.57. The summed E-state index contributed by atoms with van der Waals surface area (Å²) >= 11 is 0. The van der Waals surface area contributed by atoms with Crippen LogP contribution < -0.4 is 5.32 Å². The van der Waals surface area contributed by atoms with Crippen molar-refractivity contribution in [3.63, 3.8) is 0 Å². The molecule has 18 heavy (non-hydrogen) atoms. The summed E-state index contributed by atoms with van der Waals surface area (Å²) in [5.41, 5.74) is 1.21. The fourth-order valence-electron chi connectivity index (χ4n) is 1.88. The summed E-state index contributed by atoms with van der Waals surface area (Å²) in [7, 11) is 0. The van der Waals surface area contributed by atoms with Crippen molar-refractivity contribution < 1.29 is 10.2 Å². The SMILES string of the molecule is CC(C)(C)CC(O)CNCc1cnn(CCO)c1. The van der Waals surface area contributed by atoms with Gasteiger partial charge in [-0.2, -0.15) is 5.10 Å². The van der Waals surface area contributed by atoms with E-state index in [9.17, 15) is 5.11 Å². The highest BCUT2D eigenvalue weighted by Crippen LogP contribution is 2.20. The predicted molar refractivity (Wildman–Crippen MR) is 71.1 cm³/mol. The molecular weight excluding hydrogens is 230 g/mol. The third-order valence-corrected chi connectivity index (χ3v) is 2.57. The van der Waals surface area contributed by atoms with E-state index in [-0.39, 0.29) is 18.1 Å². The molecular formula is C13H25N3O2. The van der Waals surface area contributed by atoms with Gasteiger partial charge in [-0.3, -0.25) is 4.68 Å². The van der Waals surface area contributed by atoms with E-state index < -0.39 is 0 Å². The molecule has 0 amide bonds. The molecule has 1 rings (SSSR count). The molecule has 104 valence electrons. The molecule has 1 aromatic heterocycles. The van der Waals surface area contributed by atoms with Crippen molar-refractivity contribution in [2.75, 3.05) is 13.2 Å². The first-order valence-corrected chi connectivity index (χ1v) is 6.42. The van der Waals surface area contributed by atoms with Gasteiger partial charge in [-0.05, 0) is 11.8 Å². The number of nitrogens with zero attached hydrogens (tertiary/aromatic N) is 2. The summed E-state index contributed by atoms with van der Waals surface area (Å²) in [4.78, 5) is 0. The molecule has 0 saturated heterocycles. The van der Waals surface area contributed by atoms with Gasteiger partial charge in [-0.15, -0.1) is 0 Å². The van der Waals surface area contributed by atoms with Crippen LogP contribution in [-0.4, -0.2) is 39.2 Å². The van der Waals surface area contributed by atoms with Crippen LogP contribution in [0, 0.1) is 5.41 Å². The summed E-state index contributed by atoms with van der Waals surface area (Å²) in [6.45, 7) is 8.25. The standard InChI is InChI=1S/C13H25N3O2/c1-13(2,3)6-12(18)9-14-7-11-8-15-16(10-11)4-5-17/h8,10,12,14,17-18H,4-7,9H2,1-3H3. The monoisotopic (exact) mass is 255 g/mol. The van der Waals surface area contributed by atoms with E-state index >= 15 is 0 Å². The van der Waals surface area contributed by atoms with Gasteiger partial charge in [0.15, 0.2) is 0 Å². The smallest absolute Gasteiger partial charge is 0.0669 e. The molecule has 3 N–H and O–H groups in total. The van der Waals surface area contributed by atoms with Gasteiger partial charge in [0.25, 0.3) is 0 Å². The van der Waals surface area contributed by atoms with Crippen molar-refractivity contribution in [1.29, 1.82) is 0 Å². The zero-order valence-electron chi connectivity index (χ0n) is 11.6. The zero-order chi connectivity index (χ0) is 13.6. The van der Waals surface area contributed by atoms with Crippen LogP contribution in [0.4, 0.5) is 0 Å². The minimum atomic E-state index is -0.322. The molecule has 1 heterocycles. The first-order chi connectivity index (χ1) is 8.40. The Morgan fingerprint density at radius 1 is 1.44 bits per heavy atom. The largest absolute Gasteiger partial charge is 0.394 e. The van der Waals surface area contributed by atoms with Crippen LogP contribution in [0.15, 0.2) is 12.4 Å². The van der Waals surface area contributed by atoms with Gasteiger partial charge in [0, 0.05) is 24.8 Å². The van der Waals surface area contributed by atoms with Gasteiger partial charge < -0.3 is 15.5 Å². The van der Waals surface area contributed by atoms with Gasteiger partial charge in [-0.1, -0.05) is 20.8 Å². The molecule has 1 aromatic rings. The van der Waals surface area contributed by atoms with Crippen LogP contribution in [0.25, 0.3) is 0 Å². The average molecular weight is 255 g/mol. The number of aromatic nitrogens is 2. The van der Waals surface area contributed by atoms with E-state index in [0.29, 0.717) is 19.6 Å². The summed E-state index contributed by atoms with van der Waals surface area (Å²) in [6, 6.07) is 0. The second-order valence-corrected chi connectivity index (χ2v) is 5.88. The van der Waals surface area contributed by atoms with Crippen molar-refractivity contribution in [2.45, 2.75) is 46.4 Å². The second kappa shape index (κ2) is 6.87. The minimum Gasteiger partial charge on any atom is -0.394 e. The minimum absolute atomic E-state index is 0.0961. The van der Waals surface area contributed by atoms with Crippen LogP contribution in [0.3, 0.4) is 0 Å². The first-order valence-electron chi connectivity index (χ1n) is 6.42. The van der Waals surface area contributed by atoms with Crippen molar-refractivity contribution in [3.8, 4) is 0 Å². The van der Waals surface area contributed by atoms with Gasteiger partial charge in [0.05, 0.1) is 25.5 Å². The van der Waals surface area contributed by atoms with Crippen molar-refractivity contribution in [3.05, 3.63) is 18.0 Å². The fraction of sp³-hybridized carbons (Fsp3) is 0.769. The molecule has 0 saturated carbocycles. The lowest BCUT2D eigenvalue weighted by molar-refractivity contribution is 0.119. The molecule has 0 aliphatic heterocycles. The number of nitrogens with one attached hydrogen (secondary N) is 1. The van der Waals surface area contributed by atoms with Crippen LogP contribution in [0.5, 0.6) is 0 Å². The van der Waals surface area contributed by atoms with Crippen LogP contribution >= 0.6 is 0 Å². The molecule has 0 aliphatic carbocycles. The number of hydrogen-bond donors (Lipinski definition) is 3. The lowest BCUT2D eigenvalue weighted by atomic mass is 9.89. The molecule has 0 aliphatic rings. The Morgan fingerprint density at radius 2 is 2.17 bits per heavy atom. The quantitative estimate of drug-likeness (QED) is 0.673. The Labute approximate surface area is 109 Å². The maximum Gasteiger partial charge on any atom is 0.0669 e. The lowest BCUT2D eigenvalue weighted by Crippen LogP contribution is -2.29. The maximum absolute atomic E-state index is 9.84. The van der Waals surface area contributed by atoms with Gasteiger partial charge >= 0.3 is 0 Å². The maximum atomic E-state index is 9.84. The van der Waals surface area contributed by atoms with E-state index in [0.717, 1.165) is 12.0 Å². The topological polar surface area (TPSA) is 70.3 Å². The van der Waals surface area contributed by atoms with Crippen molar-refractivity contribution >= 4 is 0 Å². The molecule has 1 atom stereocenters. The molecule has 0 radical (unpaired) electrons. The summed E-state index contributed by atoms with van der Waals surface area (Å²) in [5.74, 6) is 0. The van der Waals surface area contributed by atoms with E-state index in [1.165, 1.54) is 0 Å². The summed E-state index contributed by atoms with van der Waals surface area (Å²) in [6.07, 6.45) is 4.14. The predicted octanol–water partition coefficient (Wildman–Crippen LogP) is 0.762. The fourth-order valence-corrected chi connectivity index (χ4v) is 1.88. The molecule has 5 heteroatoms. The molecule has 0 bridgehead atoms. The molecule has 0 aromatic carbocycles. The normalized spacial score (nSPS) is 13.8. The highest BCUT2D eigenvalue weighted by molar-refractivity contribution is 5.03. The second-order valence-electron chi connectivity index (χ2n) is 5.88. The molecule has 5 nitrogen and oxygen atoms in total. The molecule has 1 unspecified atom stereocenters. The Balaban J connectivity index is 2.24. The van der Waals surface area contributed by atoms with Crippen LogP contribution in [-0.2, 0) is 13.1 Å². The van der Waals surface area contributed by atoms with Gasteiger partial charge in [0.1, 0.15) is 0 Å². The molecule has 0 spiro atoms. The van der Waals surface area contributed by atoms with E-state index in [1.807, 2.05) is 6.20 Å². The number of aliphatic hydroxyl groups is 2. The third kappa shape index (κ3) is 6.14. The Kier molecular flexibility index (Phi) is 5.78. The number of aliphatic hydroxyl groups excluding tert-OH is 2. The molecule has 0 fully saturated rings. The van der Waals surface area contributed by atoms with Crippen LogP contribution in [0.2, 0.25) is 0 Å². The van der Waals surface area contributed by atoms with E-state index in [2.05, 4.69) is 31.2 Å². The number of rotatable bonds is 7. The summed E-state index contributed by atoms with van der Waals surface area (Å²) < 4.78 is 1.71. The Hall–Kier alpha value is -0.910. The first kappa shape index (κ1) is 15.1. The Bertz CT molecular complexity index is 344. The van der Waals surface area contributed by atoms with Gasteiger partial charge in [0.2, 0.25) is 0 Å². The summed E-state index contributed by atoms with van der Waals surface area (Å²) in [5, 5.41) is 25.9. The zero-order valence-corrected chi connectivity index (χ0v) is 11.6. The van der Waals surface area contributed by atoms with Gasteiger partial charge in [-0.25, -0.2) is 0 Å². The van der Waals surface area contributed by atoms with E-state index in [4.69, 9.17) is 5.11 Å². The number of hydrogen-bond acceptors (Lipinski definition) is 4. The Morgan fingerprint density at radius 3 is 2.78 bits per heavy atom. The van der Waals surface area contributed by atoms with E-state index in [1.54, 1.807) is 10.9 Å². The highest BCUT2D eigenvalue weighted by Gasteiger charge is 2.16. The van der Waals surface area contributed by atoms with Crippen molar-refractivity contribution in [1.82, 2.24) is 15.1 Å².